The Morgan fingerprint density at radius 3 is 2.57 bits per heavy atom. The summed E-state index contributed by atoms with van der Waals surface area (Å²) in [5.41, 5.74) is 1.58. The van der Waals surface area contributed by atoms with Crippen molar-refractivity contribution in [1.82, 2.24) is 15.1 Å². The fourth-order valence-corrected chi connectivity index (χ4v) is 2.64. The Bertz CT molecular complexity index is 938. The first-order valence-corrected chi connectivity index (χ1v) is 9.80. The Hall–Kier alpha value is -3.42. The van der Waals surface area contributed by atoms with E-state index in [1.807, 2.05) is 38.1 Å². The van der Waals surface area contributed by atoms with Crippen LogP contribution in [0.15, 0.2) is 47.1 Å². The van der Waals surface area contributed by atoms with Crippen molar-refractivity contribution in [2.45, 2.75) is 39.2 Å². The highest BCUT2D eigenvalue weighted by Gasteiger charge is 2.19. The number of methoxy groups -OCH3 is 1. The molecule has 3 rings (SSSR count). The fraction of sp³-hybridized carbons (Fsp3) is 0.364. The topological polar surface area (TPSA) is 96.6 Å². The van der Waals surface area contributed by atoms with Crippen LogP contribution in [0.3, 0.4) is 0 Å². The molecule has 0 spiro atoms. The van der Waals surface area contributed by atoms with Gasteiger partial charge in [-0.15, -0.1) is 0 Å². The monoisotopic (exact) mass is 411 g/mol. The highest BCUT2D eigenvalue weighted by molar-refractivity contribution is 5.70. The lowest BCUT2D eigenvalue weighted by molar-refractivity contribution is -0.144. The van der Waals surface area contributed by atoms with E-state index in [9.17, 15) is 4.79 Å². The van der Waals surface area contributed by atoms with Gasteiger partial charge in [0.1, 0.15) is 23.8 Å². The Morgan fingerprint density at radius 2 is 1.90 bits per heavy atom. The van der Waals surface area contributed by atoms with Gasteiger partial charge in [-0.3, -0.25) is 4.79 Å². The Labute approximate surface area is 175 Å². The maximum atomic E-state index is 11.8. The van der Waals surface area contributed by atoms with Gasteiger partial charge in [0, 0.05) is 5.92 Å². The van der Waals surface area contributed by atoms with Crippen LogP contribution in [0.25, 0.3) is 11.5 Å². The summed E-state index contributed by atoms with van der Waals surface area (Å²) < 4.78 is 21.3. The molecule has 0 saturated heterocycles. The Kier molecular flexibility index (Phi) is 7.37. The van der Waals surface area contributed by atoms with Gasteiger partial charge in [-0.2, -0.15) is 4.98 Å². The van der Waals surface area contributed by atoms with Gasteiger partial charge < -0.3 is 18.7 Å². The van der Waals surface area contributed by atoms with Crippen LogP contribution in [0.2, 0.25) is 0 Å². The number of hydrogen-bond acceptors (Lipinski definition) is 8. The molecule has 0 bridgehead atoms. The van der Waals surface area contributed by atoms with E-state index in [2.05, 4.69) is 15.1 Å². The molecular weight excluding hydrogens is 386 g/mol. The third-order valence-electron chi connectivity index (χ3n) is 4.33. The lowest BCUT2D eigenvalue weighted by Crippen LogP contribution is -2.09. The van der Waals surface area contributed by atoms with Crippen molar-refractivity contribution >= 4 is 5.97 Å². The lowest BCUT2D eigenvalue weighted by atomic mass is 10.1. The van der Waals surface area contributed by atoms with Crippen molar-refractivity contribution in [2.24, 2.45) is 0 Å². The molecule has 0 saturated carbocycles. The number of nitrogens with zero attached hydrogens (tertiary/aromatic N) is 3. The van der Waals surface area contributed by atoms with Crippen LogP contribution >= 0.6 is 0 Å². The number of hydrogen-bond donors (Lipinski definition) is 0. The zero-order valence-electron chi connectivity index (χ0n) is 17.3. The smallest absolute Gasteiger partial charge is 0.306 e. The van der Waals surface area contributed by atoms with Gasteiger partial charge in [-0.1, -0.05) is 31.1 Å². The first-order chi connectivity index (χ1) is 14.6. The average molecular weight is 411 g/mol. The molecule has 0 amide bonds. The standard InChI is InChI=1S/C22H25N3O5/c1-4-11-28-20(26)12-15(2)22-24-21(25-30-22)19-10-9-18(13-23-19)29-14-16-5-7-17(27-3)8-6-16/h5-10,13,15H,4,11-12,14H2,1-3H3. The normalized spacial score (nSPS) is 11.7. The van der Waals surface area contributed by atoms with E-state index in [1.54, 1.807) is 25.4 Å². The van der Waals surface area contributed by atoms with Crippen LogP contribution in [0.5, 0.6) is 11.5 Å². The van der Waals surface area contributed by atoms with Gasteiger partial charge in [0.25, 0.3) is 0 Å². The molecule has 2 aromatic heterocycles. The molecule has 0 radical (unpaired) electrons. The summed E-state index contributed by atoms with van der Waals surface area (Å²) in [6.07, 6.45) is 2.59. The highest BCUT2D eigenvalue weighted by atomic mass is 16.5. The molecular formula is C22H25N3O5. The van der Waals surface area contributed by atoms with E-state index in [0.29, 0.717) is 36.4 Å². The molecule has 2 heterocycles. The molecule has 8 heteroatoms. The van der Waals surface area contributed by atoms with Gasteiger partial charge in [-0.25, -0.2) is 4.98 Å². The summed E-state index contributed by atoms with van der Waals surface area (Å²) in [6, 6.07) is 11.2. The molecule has 0 N–H and O–H groups in total. The molecule has 0 aliphatic rings. The highest BCUT2D eigenvalue weighted by Crippen LogP contribution is 2.23. The van der Waals surface area contributed by atoms with E-state index >= 15 is 0 Å². The van der Waals surface area contributed by atoms with Crippen LogP contribution in [-0.4, -0.2) is 34.8 Å². The summed E-state index contributed by atoms with van der Waals surface area (Å²) >= 11 is 0. The predicted molar refractivity (Wildman–Crippen MR) is 109 cm³/mol. The minimum Gasteiger partial charge on any atom is -0.497 e. The van der Waals surface area contributed by atoms with Crippen molar-refractivity contribution in [1.29, 1.82) is 0 Å². The maximum absolute atomic E-state index is 11.8. The zero-order valence-corrected chi connectivity index (χ0v) is 17.3. The number of rotatable bonds is 10. The van der Waals surface area contributed by atoms with Crippen molar-refractivity contribution in [3.8, 4) is 23.0 Å². The molecule has 30 heavy (non-hydrogen) atoms. The molecule has 0 fully saturated rings. The van der Waals surface area contributed by atoms with Gasteiger partial charge in [-0.05, 0) is 36.2 Å². The van der Waals surface area contributed by atoms with Crippen molar-refractivity contribution < 1.29 is 23.5 Å². The molecule has 8 nitrogen and oxygen atoms in total. The number of ether oxygens (including phenoxy) is 3. The number of carbonyl (C=O) groups excluding carboxylic acids is 1. The number of carbonyl (C=O) groups is 1. The minimum absolute atomic E-state index is 0.188. The van der Waals surface area contributed by atoms with E-state index in [1.165, 1.54) is 0 Å². The number of esters is 1. The average Bonchev–Trinajstić information content (AvgIpc) is 3.27. The summed E-state index contributed by atoms with van der Waals surface area (Å²) in [5, 5.41) is 3.96. The molecule has 1 atom stereocenters. The van der Waals surface area contributed by atoms with Gasteiger partial charge in [0.05, 0.1) is 26.3 Å². The first kappa shape index (κ1) is 21.3. The molecule has 3 aromatic rings. The quantitative estimate of drug-likeness (QED) is 0.459. The van der Waals surface area contributed by atoms with E-state index in [0.717, 1.165) is 17.7 Å². The van der Waals surface area contributed by atoms with Crippen molar-refractivity contribution in [2.75, 3.05) is 13.7 Å². The zero-order chi connectivity index (χ0) is 21.3. The van der Waals surface area contributed by atoms with Crippen LogP contribution in [0.1, 0.15) is 44.1 Å². The lowest BCUT2D eigenvalue weighted by Gasteiger charge is -2.07. The maximum Gasteiger partial charge on any atom is 0.306 e. The van der Waals surface area contributed by atoms with Crippen LogP contribution in [0, 0.1) is 0 Å². The fourth-order valence-electron chi connectivity index (χ4n) is 2.64. The van der Waals surface area contributed by atoms with E-state index < -0.39 is 0 Å². The first-order valence-electron chi connectivity index (χ1n) is 9.80. The summed E-state index contributed by atoms with van der Waals surface area (Å²) in [4.78, 5) is 20.4. The Balaban J connectivity index is 1.56. The molecule has 0 aliphatic carbocycles. The minimum atomic E-state index is -0.277. The second kappa shape index (κ2) is 10.4. The van der Waals surface area contributed by atoms with Gasteiger partial charge in [0.2, 0.25) is 11.7 Å². The third-order valence-corrected chi connectivity index (χ3v) is 4.33. The predicted octanol–water partition coefficient (Wildman–Crippen LogP) is 4.17. The second-order valence-corrected chi connectivity index (χ2v) is 6.80. The number of pyridine rings is 1. The van der Waals surface area contributed by atoms with Crippen LogP contribution in [0.4, 0.5) is 0 Å². The van der Waals surface area contributed by atoms with Gasteiger partial charge >= 0.3 is 5.97 Å². The summed E-state index contributed by atoms with van der Waals surface area (Å²) in [5.74, 6) is 1.66. The molecule has 1 aromatic carbocycles. The van der Waals surface area contributed by atoms with Gasteiger partial charge in [0.15, 0.2) is 0 Å². The molecule has 158 valence electrons. The third kappa shape index (κ3) is 5.79. The number of benzene rings is 1. The summed E-state index contributed by atoms with van der Waals surface area (Å²) in [7, 11) is 1.63. The Morgan fingerprint density at radius 1 is 1.13 bits per heavy atom. The van der Waals surface area contributed by atoms with Crippen LogP contribution < -0.4 is 9.47 Å². The SMILES string of the molecule is CCCOC(=O)CC(C)c1nc(-c2ccc(OCc3ccc(OC)cc3)cn2)no1. The van der Waals surface area contributed by atoms with E-state index in [4.69, 9.17) is 18.7 Å². The van der Waals surface area contributed by atoms with Crippen molar-refractivity contribution in [3.05, 3.63) is 54.0 Å². The molecule has 0 aliphatic heterocycles. The van der Waals surface area contributed by atoms with Crippen molar-refractivity contribution in [3.63, 3.8) is 0 Å². The largest absolute Gasteiger partial charge is 0.497 e. The second-order valence-electron chi connectivity index (χ2n) is 6.80. The summed E-state index contributed by atoms with van der Waals surface area (Å²) in [6.45, 7) is 4.62. The molecule has 1 unspecified atom stereocenters. The van der Waals surface area contributed by atoms with Crippen LogP contribution in [-0.2, 0) is 16.1 Å². The van der Waals surface area contributed by atoms with E-state index in [-0.39, 0.29) is 18.3 Å². The number of aromatic nitrogens is 3.